The summed E-state index contributed by atoms with van der Waals surface area (Å²) in [7, 11) is 0. The number of hydrogen-bond donors (Lipinski definition) is 1. The third kappa shape index (κ3) is 9.19. The molecule has 132 valence electrons. The molecule has 1 N–H and O–H groups in total. The second-order valence-corrected chi connectivity index (χ2v) is 6.42. The summed E-state index contributed by atoms with van der Waals surface area (Å²) in [6.07, 6.45) is 10.2. The number of benzene rings is 1. The van der Waals surface area contributed by atoms with Crippen LogP contribution in [0.15, 0.2) is 12.1 Å². The van der Waals surface area contributed by atoms with Crippen LogP contribution in [0.1, 0.15) is 83.3 Å². The predicted molar refractivity (Wildman–Crippen MR) is 94.5 cm³/mol. The fourth-order valence-electron chi connectivity index (χ4n) is 2.95. The summed E-state index contributed by atoms with van der Waals surface area (Å²) in [4.78, 5) is 11.0. The molecule has 1 aromatic rings. The van der Waals surface area contributed by atoms with Crippen LogP contribution >= 0.6 is 0 Å². The Hall–Kier alpha value is -0.380. The van der Waals surface area contributed by atoms with Crippen LogP contribution in [0, 0.1) is 5.82 Å². The van der Waals surface area contributed by atoms with Gasteiger partial charge in [-0.3, -0.25) is 4.79 Å². The first-order valence-electron chi connectivity index (χ1n) is 9.10. The first kappa shape index (κ1) is 23.6. The molecule has 0 aliphatic carbocycles. The van der Waals surface area contributed by atoms with Crippen molar-refractivity contribution in [2.45, 2.75) is 84.5 Å². The van der Waals surface area contributed by atoms with E-state index in [1.54, 1.807) is 12.1 Å². The van der Waals surface area contributed by atoms with Crippen LogP contribution in [0.2, 0.25) is 0 Å². The molecule has 0 aromatic heterocycles. The van der Waals surface area contributed by atoms with Crippen LogP contribution in [0.4, 0.5) is 4.39 Å². The third-order valence-corrected chi connectivity index (χ3v) is 4.24. The smallest absolute Gasteiger partial charge is 1.00 e. The molecule has 0 spiro atoms. The van der Waals surface area contributed by atoms with Gasteiger partial charge in [-0.05, 0) is 42.4 Å². The number of carboxylic acids is 1. The van der Waals surface area contributed by atoms with E-state index in [1.165, 1.54) is 12.8 Å². The summed E-state index contributed by atoms with van der Waals surface area (Å²) in [5.41, 5.74) is 2.13. The third-order valence-electron chi connectivity index (χ3n) is 4.24. The fraction of sp³-hybridized carbons (Fsp3) is 0.650. The average Bonchev–Trinajstić information content (AvgIpc) is 2.51. The van der Waals surface area contributed by atoms with Crippen molar-refractivity contribution in [3.05, 3.63) is 34.6 Å². The van der Waals surface area contributed by atoms with Gasteiger partial charge in [0.15, 0.2) is 0 Å². The number of aryl methyl sites for hydroxylation is 2. The van der Waals surface area contributed by atoms with E-state index in [9.17, 15) is 9.18 Å². The van der Waals surface area contributed by atoms with Crippen molar-refractivity contribution in [1.29, 1.82) is 0 Å². The van der Waals surface area contributed by atoms with Crippen molar-refractivity contribution >= 4 is 5.97 Å². The Morgan fingerprint density at radius 2 is 1.42 bits per heavy atom. The van der Waals surface area contributed by atoms with E-state index in [0.717, 1.165) is 44.1 Å². The van der Waals surface area contributed by atoms with Gasteiger partial charge in [-0.25, -0.2) is 4.39 Å². The van der Waals surface area contributed by atoms with Crippen molar-refractivity contribution < 1.29 is 45.3 Å². The Morgan fingerprint density at radius 1 is 0.958 bits per heavy atom. The van der Waals surface area contributed by atoms with E-state index in [-0.39, 0.29) is 43.2 Å². The van der Waals surface area contributed by atoms with Crippen molar-refractivity contribution in [2.75, 3.05) is 0 Å². The van der Waals surface area contributed by atoms with E-state index in [0.29, 0.717) is 24.0 Å². The Morgan fingerprint density at radius 3 is 1.79 bits per heavy atom. The van der Waals surface area contributed by atoms with Gasteiger partial charge in [0, 0.05) is 0 Å². The Kier molecular flexibility index (Phi) is 13.6. The molecule has 0 saturated carbocycles. The molecule has 0 saturated heterocycles. The van der Waals surface area contributed by atoms with Crippen LogP contribution in [0.3, 0.4) is 0 Å². The van der Waals surface area contributed by atoms with E-state index >= 15 is 0 Å². The van der Waals surface area contributed by atoms with E-state index in [1.807, 2.05) is 0 Å². The fourth-order valence-corrected chi connectivity index (χ4v) is 2.95. The Bertz CT molecular complexity index is 462. The Balaban J connectivity index is 0. The Labute approximate surface area is 170 Å². The summed E-state index contributed by atoms with van der Waals surface area (Å²) in [6, 6.07) is 3.51. The maximum Gasteiger partial charge on any atom is 1.00 e. The zero-order valence-corrected chi connectivity index (χ0v) is 17.7. The second-order valence-electron chi connectivity index (χ2n) is 6.42. The van der Waals surface area contributed by atoms with Crippen LogP contribution in [-0.4, -0.2) is 11.1 Å². The second kappa shape index (κ2) is 13.9. The molecule has 0 amide bonds. The van der Waals surface area contributed by atoms with Crippen molar-refractivity contribution in [3.63, 3.8) is 0 Å². The number of aliphatic carboxylic acids is 1. The van der Waals surface area contributed by atoms with Crippen LogP contribution in [-0.2, 0) is 24.1 Å². The van der Waals surface area contributed by atoms with Gasteiger partial charge in [0.1, 0.15) is 5.82 Å². The van der Waals surface area contributed by atoms with Gasteiger partial charge in [0.25, 0.3) is 0 Å². The molecule has 24 heavy (non-hydrogen) atoms. The number of carbonyl (C=O) groups is 1. The SMILES string of the molecule is CCCCCCc1cc(CC(=O)O)cc(CCCCCC)c1F.[H-].[Na+]. The molecule has 1 aromatic carbocycles. The zero-order chi connectivity index (χ0) is 17.1. The molecule has 0 fully saturated rings. The maximum atomic E-state index is 14.7. The summed E-state index contributed by atoms with van der Waals surface area (Å²) in [5.74, 6) is -0.961. The molecule has 0 unspecified atom stereocenters. The minimum atomic E-state index is -0.856. The molecular weight excluding hydrogens is 314 g/mol. The van der Waals surface area contributed by atoms with Crippen LogP contribution in [0.25, 0.3) is 0 Å². The van der Waals surface area contributed by atoms with E-state index in [2.05, 4.69) is 13.8 Å². The molecule has 0 aliphatic rings. The van der Waals surface area contributed by atoms with Gasteiger partial charge in [0.05, 0.1) is 6.42 Å². The van der Waals surface area contributed by atoms with Crippen LogP contribution < -0.4 is 29.6 Å². The number of carboxylic acid groups (broad SMARTS) is 1. The molecule has 4 heteroatoms. The van der Waals surface area contributed by atoms with Crippen molar-refractivity contribution in [2.24, 2.45) is 0 Å². The molecular formula is C20H32FNaO2. The molecule has 0 bridgehead atoms. The molecule has 2 nitrogen and oxygen atoms in total. The number of rotatable bonds is 12. The molecule has 0 atom stereocenters. The quantitative estimate of drug-likeness (QED) is 0.467. The monoisotopic (exact) mass is 346 g/mol. The standard InChI is InChI=1S/C20H31FO2.Na.H/c1-3-5-7-9-11-17-13-16(15-19(22)23)14-18(20(17)21)12-10-8-6-4-2;;/h13-14H,3-12,15H2,1-2H3,(H,22,23);;/q;+1;-1. The number of hydrogen-bond acceptors (Lipinski definition) is 1. The minimum Gasteiger partial charge on any atom is -1.00 e. The van der Waals surface area contributed by atoms with Gasteiger partial charge < -0.3 is 6.53 Å². The van der Waals surface area contributed by atoms with Gasteiger partial charge in [0.2, 0.25) is 0 Å². The molecule has 1 rings (SSSR count). The topological polar surface area (TPSA) is 37.3 Å². The van der Waals surface area contributed by atoms with Crippen molar-refractivity contribution in [3.8, 4) is 0 Å². The van der Waals surface area contributed by atoms with Crippen LogP contribution in [0.5, 0.6) is 0 Å². The van der Waals surface area contributed by atoms with E-state index < -0.39 is 5.97 Å². The minimum absolute atomic E-state index is 0. The zero-order valence-electron chi connectivity index (χ0n) is 16.7. The van der Waals surface area contributed by atoms with Gasteiger partial charge in [-0.1, -0.05) is 64.5 Å². The number of unbranched alkanes of at least 4 members (excludes halogenated alkanes) is 6. The van der Waals surface area contributed by atoms with Gasteiger partial charge in [-0.15, -0.1) is 0 Å². The molecule has 0 aliphatic heterocycles. The van der Waals surface area contributed by atoms with E-state index in [4.69, 9.17) is 5.11 Å². The largest absolute Gasteiger partial charge is 1.00 e. The summed E-state index contributed by atoms with van der Waals surface area (Å²) >= 11 is 0. The average molecular weight is 346 g/mol. The first-order chi connectivity index (χ1) is 11.1. The normalized spacial score (nSPS) is 10.5. The summed E-state index contributed by atoms with van der Waals surface area (Å²) in [6.45, 7) is 4.31. The molecule has 0 radical (unpaired) electrons. The van der Waals surface area contributed by atoms with Gasteiger partial charge >= 0.3 is 35.5 Å². The summed E-state index contributed by atoms with van der Waals surface area (Å²) < 4.78 is 14.7. The maximum absolute atomic E-state index is 14.7. The summed E-state index contributed by atoms with van der Waals surface area (Å²) in [5, 5.41) is 9.02. The predicted octanol–water partition coefficient (Wildman–Crippen LogP) is 2.81. The number of halogens is 1. The van der Waals surface area contributed by atoms with Gasteiger partial charge in [-0.2, -0.15) is 0 Å². The molecule has 0 heterocycles. The first-order valence-corrected chi connectivity index (χ1v) is 9.10. The van der Waals surface area contributed by atoms with Crippen molar-refractivity contribution in [1.82, 2.24) is 0 Å².